The van der Waals surface area contributed by atoms with Crippen LogP contribution in [0.2, 0.25) is 5.02 Å². The van der Waals surface area contributed by atoms with Crippen LogP contribution in [0, 0.1) is 0 Å². The maximum absolute atomic E-state index is 6.45. The fraction of sp³-hybridized carbons (Fsp3) is 0.250. The molecule has 2 atom stereocenters. The Morgan fingerprint density at radius 2 is 1.96 bits per heavy atom. The quantitative estimate of drug-likeness (QED) is 0.480. The van der Waals surface area contributed by atoms with Crippen molar-refractivity contribution in [2.45, 2.75) is 17.7 Å². The standard InChI is InChI=1S/C20H20BrClN4OS/c1-26-19-14-13(20(26)28-9-10-3-5-11(21)6-4-10)7-12(8-27-2)25-18(14)16(23)15(22)17(19)24/h3-7,20H,8-9,23-24H2,1-2H3/p+1. The first-order valence-electron chi connectivity index (χ1n) is 8.81. The summed E-state index contributed by atoms with van der Waals surface area (Å²) < 4.78 is 6.39. The van der Waals surface area contributed by atoms with Crippen molar-refractivity contribution in [3.8, 4) is 0 Å². The third-order valence-corrected chi connectivity index (χ3v) is 7.42. The van der Waals surface area contributed by atoms with E-state index < -0.39 is 0 Å². The van der Waals surface area contributed by atoms with E-state index in [0.717, 1.165) is 27.0 Å². The number of halogens is 2. The van der Waals surface area contributed by atoms with Crippen molar-refractivity contribution in [2.24, 2.45) is 0 Å². The Morgan fingerprint density at radius 1 is 1.25 bits per heavy atom. The van der Waals surface area contributed by atoms with Crippen molar-refractivity contribution in [3.63, 3.8) is 0 Å². The zero-order valence-electron chi connectivity index (χ0n) is 15.6. The van der Waals surface area contributed by atoms with E-state index in [-0.39, 0.29) is 5.37 Å². The number of hydrogen-bond acceptors (Lipinski definition) is 5. The lowest BCUT2D eigenvalue weighted by atomic mass is 10.1. The molecule has 1 aliphatic rings. The number of aromatic nitrogens is 1. The highest BCUT2D eigenvalue weighted by Gasteiger charge is 2.39. The average molecular weight is 481 g/mol. The van der Waals surface area contributed by atoms with Gasteiger partial charge in [-0.15, -0.1) is 0 Å². The van der Waals surface area contributed by atoms with Crippen LogP contribution < -0.4 is 16.4 Å². The van der Waals surface area contributed by atoms with Crippen molar-refractivity contribution in [1.29, 1.82) is 0 Å². The Bertz CT molecular complexity index is 1060. The van der Waals surface area contributed by atoms with Gasteiger partial charge in [-0.3, -0.25) is 4.90 Å². The number of hydrogen-bond donors (Lipinski definition) is 3. The Morgan fingerprint density at radius 3 is 2.64 bits per heavy atom. The molecule has 0 bridgehead atoms. The first-order valence-corrected chi connectivity index (χ1v) is 11.0. The number of nitrogens with two attached hydrogens (primary N) is 2. The molecule has 0 spiro atoms. The molecule has 2 heterocycles. The summed E-state index contributed by atoms with van der Waals surface area (Å²) in [6.07, 6.45) is 0. The number of nitrogens with one attached hydrogen (secondary N) is 1. The molecular weight excluding hydrogens is 460 g/mol. The van der Waals surface area contributed by atoms with Crippen LogP contribution in [0.1, 0.15) is 22.2 Å². The lowest BCUT2D eigenvalue weighted by molar-refractivity contribution is -0.822. The number of nitrogen functional groups attached to an aromatic ring is 2. The van der Waals surface area contributed by atoms with Gasteiger partial charge in [0.2, 0.25) is 0 Å². The molecular formula is C20H21BrClN4OS+. The summed E-state index contributed by atoms with van der Waals surface area (Å²) in [7, 11) is 3.78. The maximum Gasteiger partial charge on any atom is 0.167 e. The summed E-state index contributed by atoms with van der Waals surface area (Å²) in [6.45, 7) is 0.419. The van der Waals surface area contributed by atoms with Crippen LogP contribution in [-0.4, -0.2) is 19.1 Å². The molecule has 0 radical (unpaired) electrons. The fourth-order valence-electron chi connectivity index (χ4n) is 3.75. The zero-order valence-corrected chi connectivity index (χ0v) is 18.7. The van der Waals surface area contributed by atoms with Gasteiger partial charge in [-0.05, 0) is 23.8 Å². The minimum absolute atomic E-state index is 0.167. The van der Waals surface area contributed by atoms with Crippen LogP contribution >= 0.6 is 39.3 Å². The number of nitrogens with zero attached hydrogens (tertiary/aromatic N) is 1. The van der Waals surface area contributed by atoms with Crippen molar-refractivity contribution in [3.05, 3.63) is 56.6 Å². The fourth-order valence-corrected chi connectivity index (χ4v) is 5.48. The molecule has 3 aromatic rings. The van der Waals surface area contributed by atoms with Crippen LogP contribution in [0.5, 0.6) is 0 Å². The van der Waals surface area contributed by atoms with Gasteiger partial charge in [0.15, 0.2) is 11.1 Å². The summed E-state index contributed by atoms with van der Waals surface area (Å²) in [6, 6.07) is 10.5. The van der Waals surface area contributed by atoms with E-state index in [1.807, 2.05) is 11.8 Å². The molecule has 0 amide bonds. The third kappa shape index (κ3) is 3.25. The van der Waals surface area contributed by atoms with E-state index in [0.29, 0.717) is 28.5 Å². The lowest BCUT2D eigenvalue weighted by Crippen LogP contribution is -3.02. The first-order chi connectivity index (χ1) is 13.4. The van der Waals surface area contributed by atoms with Crippen LogP contribution in [0.25, 0.3) is 10.9 Å². The molecule has 28 heavy (non-hydrogen) atoms. The number of ether oxygens (including phenoxy) is 1. The molecule has 1 aromatic heterocycles. The van der Waals surface area contributed by atoms with Gasteiger partial charge in [0.25, 0.3) is 0 Å². The van der Waals surface area contributed by atoms with E-state index in [1.165, 1.54) is 16.0 Å². The van der Waals surface area contributed by atoms with E-state index in [1.54, 1.807) is 7.11 Å². The Balaban J connectivity index is 1.80. The highest BCUT2D eigenvalue weighted by molar-refractivity contribution is 9.10. The number of anilines is 2. The van der Waals surface area contributed by atoms with Gasteiger partial charge in [0.05, 0.1) is 35.4 Å². The number of benzene rings is 2. The highest BCUT2D eigenvalue weighted by Crippen LogP contribution is 2.47. The van der Waals surface area contributed by atoms with E-state index in [9.17, 15) is 0 Å². The van der Waals surface area contributed by atoms with Crippen LogP contribution in [0.3, 0.4) is 0 Å². The van der Waals surface area contributed by atoms with Gasteiger partial charge in [0, 0.05) is 22.9 Å². The summed E-state index contributed by atoms with van der Waals surface area (Å²) in [5.74, 6) is 0.885. The Labute approximate surface area is 181 Å². The van der Waals surface area contributed by atoms with E-state index in [4.69, 9.17) is 32.8 Å². The first kappa shape index (κ1) is 19.8. The normalized spacial score (nSPS) is 18.1. The van der Waals surface area contributed by atoms with Gasteiger partial charge >= 0.3 is 0 Å². The minimum atomic E-state index is 0.167. The second-order valence-electron chi connectivity index (χ2n) is 6.88. The monoisotopic (exact) mass is 479 g/mol. The molecule has 0 fully saturated rings. The molecule has 146 valence electrons. The second-order valence-corrected chi connectivity index (χ2v) is 9.26. The summed E-state index contributed by atoms with van der Waals surface area (Å²) in [4.78, 5) is 5.90. The van der Waals surface area contributed by atoms with E-state index >= 15 is 0 Å². The van der Waals surface area contributed by atoms with Crippen LogP contribution in [0.15, 0.2) is 34.8 Å². The van der Waals surface area contributed by atoms with Crippen LogP contribution in [-0.2, 0) is 17.1 Å². The Hall–Kier alpha value is -1.51. The van der Waals surface area contributed by atoms with Gasteiger partial charge in [-0.2, -0.15) is 0 Å². The summed E-state index contributed by atoms with van der Waals surface area (Å²) >= 11 is 11.8. The topological polar surface area (TPSA) is 78.6 Å². The number of thioether (sulfide) groups is 1. The average Bonchev–Trinajstić information content (AvgIpc) is 2.96. The minimum Gasteiger partial charge on any atom is -0.396 e. The molecule has 0 aliphatic carbocycles. The molecule has 0 saturated heterocycles. The predicted octanol–water partition coefficient (Wildman–Crippen LogP) is 4.05. The summed E-state index contributed by atoms with van der Waals surface area (Å²) in [5.41, 5.74) is 18.6. The van der Waals surface area contributed by atoms with Gasteiger partial charge < -0.3 is 16.2 Å². The number of rotatable bonds is 5. The molecule has 2 aromatic carbocycles. The van der Waals surface area contributed by atoms with Crippen molar-refractivity contribution < 1.29 is 9.64 Å². The SMILES string of the molecule is COCc1cc2c3c(c(N)c(Cl)c(N)c3n1)[NH+](C)C2SCc1ccc(Br)cc1. The molecule has 0 saturated carbocycles. The molecule has 4 rings (SSSR count). The van der Waals surface area contributed by atoms with Crippen molar-refractivity contribution >= 4 is 67.3 Å². The van der Waals surface area contributed by atoms with Gasteiger partial charge in [-0.1, -0.05) is 51.4 Å². The third-order valence-electron chi connectivity index (χ3n) is 5.04. The number of quaternary nitrogens is 1. The molecule has 1 aliphatic heterocycles. The van der Waals surface area contributed by atoms with Gasteiger partial charge in [0.1, 0.15) is 11.2 Å². The summed E-state index contributed by atoms with van der Waals surface area (Å²) in [5, 5.41) is 1.57. The maximum atomic E-state index is 6.45. The molecule has 5 nitrogen and oxygen atoms in total. The predicted molar refractivity (Wildman–Crippen MR) is 121 cm³/mol. The molecule has 8 heteroatoms. The number of methoxy groups -OCH3 is 1. The van der Waals surface area contributed by atoms with Gasteiger partial charge in [-0.25, -0.2) is 4.98 Å². The highest BCUT2D eigenvalue weighted by atomic mass is 79.9. The second kappa shape index (κ2) is 7.72. The van der Waals surface area contributed by atoms with Crippen molar-refractivity contribution in [1.82, 2.24) is 4.98 Å². The Kier molecular flexibility index (Phi) is 5.46. The molecule has 5 N–H and O–H groups in total. The largest absolute Gasteiger partial charge is 0.396 e. The molecule has 2 unspecified atom stereocenters. The van der Waals surface area contributed by atoms with E-state index in [2.05, 4.69) is 53.3 Å². The van der Waals surface area contributed by atoms with Crippen LogP contribution in [0.4, 0.5) is 17.1 Å². The van der Waals surface area contributed by atoms with Crippen molar-refractivity contribution in [2.75, 3.05) is 25.6 Å². The number of pyridine rings is 1. The smallest absolute Gasteiger partial charge is 0.167 e. The zero-order chi connectivity index (χ0) is 20.0. The lowest BCUT2D eigenvalue weighted by Gasteiger charge is -2.19.